The highest BCUT2D eigenvalue weighted by Crippen LogP contribution is 2.21. The van der Waals surface area contributed by atoms with Gasteiger partial charge in [-0.3, -0.25) is 0 Å². The Labute approximate surface area is 79.9 Å². The molecule has 0 spiro atoms. The lowest BCUT2D eigenvalue weighted by atomic mass is 9.89. The van der Waals surface area contributed by atoms with Crippen LogP contribution in [0.1, 0.15) is 19.3 Å². The normalized spacial score (nSPS) is 21.5. The summed E-state index contributed by atoms with van der Waals surface area (Å²) >= 11 is 0. The Balaban J connectivity index is 0.00000121. The number of piperidine rings is 1. The van der Waals surface area contributed by atoms with Gasteiger partial charge in [-0.2, -0.15) is 0 Å². The quantitative estimate of drug-likeness (QED) is 0.692. The Morgan fingerprint density at radius 2 is 2.00 bits per heavy atom. The molecule has 1 saturated heterocycles. The zero-order valence-corrected chi connectivity index (χ0v) is 8.32. The lowest BCUT2D eigenvalue weighted by molar-refractivity contribution is -0.0160. The largest absolute Gasteiger partial charge is 0.390 e. The highest BCUT2D eigenvalue weighted by Gasteiger charge is 2.28. The molecule has 0 bridgehead atoms. The minimum absolute atomic E-state index is 0. The minimum atomic E-state index is -0.457. The van der Waals surface area contributed by atoms with Gasteiger partial charge in [0.25, 0.3) is 0 Å². The van der Waals surface area contributed by atoms with Gasteiger partial charge in [-0.15, -0.1) is 12.4 Å². The maximum Gasteiger partial charge on any atom is 0.0693 e. The maximum atomic E-state index is 9.88. The third kappa shape index (κ3) is 3.72. The van der Waals surface area contributed by atoms with Crippen molar-refractivity contribution in [3.8, 4) is 0 Å². The number of ether oxygens (including phenoxy) is 1. The molecule has 12 heavy (non-hydrogen) atoms. The standard InChI is InChI=1S/C8H17NO2.ClH/c1-11-7-4-8(10)2-5-9-6-3-8;/h9-10H,2-7H2,1H3;1H. The molecule has 0 aromatic heterocycles. The lowest BCUT2D eigenvalue weighted by Gasteiger charge is -2.32. The van der Waals surface area contributed by atoms with Gasteiger partial charge in [-0.1, -0.05) is 0 Å². The second kappa shape index (κ2) is 5.75. The molecule has 0 atom stereocenters. The van der Waals surface area contributed by atoms with Crippen molar-refractivity contribution >= 4 is 12.4 Å². The molecule has 0 aromatic rings. The zero-order chi connectivity index (χ0) is 8.16. The van der Waals surface area contributed by atoms with Crippen LogP contribution in [0.4, 0.5) is 0 Å². The summed E-state index contributed by atoms with van der Waals surface area (Å²) in [4.78, 5) is 0. The van der Waals surface area contributed by atoms with Gasteiger partial charge < -0.3 is 15.2 Å². The Bertz CT molecular complexity index is 116. The molecule has 1 aliphatic heterocycles. The SMILES string of the molecule is COCCC1(O)CCNCC1.Cl. The second-order valence-corrected chi connectivity index (χ2v) is 3.22. The van der Waals surface area contributed by atoms with E-state index < -0.39 is 5.60 Å². The van der Waals surface area contributed by atoms with Gasteiger partial charge in [-0.25, -0.2) is 0 Å². The Hall–Kier alpha value is 0.170. The van der Waals surface area contributed by atoms with Crippen LogP contribution >= 0.6 is 12.4 Å². The van der Waals surface area contributed by atoms with E-state index in [9.17, 15) is 5.11 Å². The van der Waals surface area contributed by atoms with Gasteiger partial charge in [0.1, 0.15) is 0 Å². The van der Waals surface area contributed by atoms with Crippen LogP contribution in [0.25, 0.3) is 0 Å². The number of aliphatic hydroxyl groups is 1. The predicted molar refractivity (Wildman–Crippen MR) is 50.8 cm³/mol. The monoisotopic (exact) mass is 195 g/mol. The van der Waals surface area contributed by atoms with Crippen molar-refractivity contribution in [2.75, 3.05) is 26.8 Å². The first-order valence-electron chi connectivity index (χ1n) is 4.19. The lowest BCUT2D eigenvalue weighted by Crippen LogP contribution is -2.42. The van der Waals surface area contributed by atoms with Gasteiger partial charge in [0, 0.05) is 13.7 Å². The minimum Gasteiger partial charge on any atom is -0.390 e. The molecule has 0 aromatic carbocycles. The average molecular weight is 196 g/mol. The zero-order valence-electron chi connectivity index (χ0n) is 7.51. The molecular formula is C8H18ClNO2. The second-order valence-electron chi connectivity index (χ2n) is 3.22. The molecule has 1 heterocycles. The molecule has 1 rings (SSSR count). The fraction of sp³-hybridized carbons (Fsp3) is 1.00. The number of hydrogen-bond acceptors (Lipinski definition) is 3. The van der Waals surface area contributed by atoms with Crippen molar-refractivity contribution in [1.82, 2.24) is 5.32 Å². The maximum absolute atomic E-state index is 9.88. The van der Waals surface area contributed by atoms with Crippen molar-refractivity contribution in [1.29, 1.82) is 0 Å². The number of hydrogen-bond donors (Lipinski definition) is 2. The van der Waals surface area contributed by atoms with Gasteiger partial charge in [-0.05, 0) is 32.4 Å². The van der Waals surface area contributed by atoms with E-state index in [1.807, 2.05) is 0 Å². The van der Waals surface area contributed by atoms with E-state index in [0.29, 0.717) is 6.61 Å². The molecule has 74 valence electrons. The fourth-order valence-electron chi connectivity index (χ4n) is 1.43. The van der Waals surface area contributed by atoms with Gasteiger partial charge >= 0.3 is 0 Å². The van der Waals surface area contributed by atoms with Crippen LogP contribution in [-0.4, -0.2) is 37.5 Å². The van der Waals surface area contributed by atoms with Crippen LogP contribution in [0, 0.1) is 0 Å². The van der Waals surface area contributed by atoms with Gasteiger partial charge in [0.2, 0.25) is 0 Å². The molecule has 0 aliphatic carbocycles. The summed E-state index contributed by atoms with van der Waals surface area (Å²) < 4.78 is 4.93. The van der Waals surface area contributed by atoms with Crippen LogP contribution in [0.2, 0.25) is 0 Å². The van der Waals surface area contributed by atoms with Crippen LogP contribution in [0.15, 0.2) is 0 Å². The van der Waals surface area contributed by atoms with Crippen LogP contribution in [0.3, 0.4) is 0 Å². The molecule has 3 nitrogen and oxygen atoms in total. The first kappa shape index (κ1) is 12.2. The van der Waals surface area contributed by atoms with Crippen molar-refractivity contribution in [2.24, 2.45) is 0 Å². The summed E-state index contributed by atoms with van der Waals surface area (Å²) in [6.07, 6.45) is 2.48. The number of nitrogens with one attached hydrogen (secondary N) is 1. The first-order valence-corrected chi connectivity index (χ1v) is 4.19. The van der Waals surface area contributed by atoms with Crippen molar-refractivity contribution in [3.05, 3.63) is 0 Å². The van der Waals surface area contributed by atoms with E-state index >= 15 is 0 Å². The molecule has 1 aliphatic rings. The van der Waals surface area contributed by atoms with Crippen molar-refractivity contribution < 1.29 is 9.84 Å². The summed E-state index contributed by atoms with van der Waals surface area (Å²) in [5.41, 5.74) is -0.457. The Morgan fingerprint density at radius 1 is 1.42 bits per heavy atom. The van der Waals surface area contributed by atoms with E-state index in [2.05, 4.69) is 5.32 Å². The number of rotatable bonds is 3. The topological polar surface area (TPSA) is 41.5 Å². The molecular weight excluding hydrogens is 178 g/mol. The third-order valence-corrected chi connectivity index (χ3v) is 2.31. The third-order valence-electron chi connectivity index (χ3n) is 2.31. The van der Waals surface area contributed by atoms with Crippen molar-refractivity contribution in [3.63, 3.8) is 0 Å². The van der Waals surface area contributed by atoms with E-state index in [1.54, 1.807) is 7.11 Å². The molecule has 4 heteroatoms. The number of methoxy groups -OCH3 is 1. The van der Waals surface area contributed by atoms with E-state index in [0.717, 1.165) is 32.4 Å². The van der Waals surface area contributed by atoms with E-state index in [1.165, 1.54) is 0 Å². The fourth-order valence-corrected chi connectivity index (χ4v) is 1.43. The van der Waals surface area contributed by atoms with E-state index in [4.69, 9.17) is 4.74 Å². The van der Waals surface area contributed by atoms with E-state index in [-0.39, 0.29) is 12.4 Å². The molecule has 0 amide bonds. The highest BCUT2D eigenvalue weighted by molar-refractivity contribution is 5.85. The molecule has 1 fully saturated rings. The Morgan fingerprint density at radius 3 is 2.50 bits per heavy atom. The average Bonchev–Trinajstić information content (AvgIpc) is 2.03. The molecule has 0 saturated carbocycles. The van der Waals surface area contributed by atoms with Gasteiger partial charge in [0.05, 0.1) is 5.60 Å². The summed E-state index contributed by atoms with van der Waals surface area (Å²) in [5.74, 6) is 0. The summed E-state index contributed by atoms with van der Waals surface area (Å²) in [5, 5.41) is 13.1. The predicted octanol–water partition coefficient (Wildman–Crippen LogP) is 0.559. The molecule has 2 N–H and O–H groups in total. The van der Waals surface area contributed by atoms with Crippen LogP contribution < -0.4 is 5.32 Å². The highest BCUT2D eigenvalue weighted by atomic mass is 35.5. The Kier molecular flexibility index (Phi) is 5.84. The van der Waals surface area contributed by atoms with Crippen molar-refractivity contribution in [2.45, 2.75) is 24.9 Å². The smallest absolute Gasteiger partial charge is 0.0693 e. The number of halogens is 1. The summed E-state index contributed by atoms with van der Waals surface area (Å²) in [6, 6.07) is 0. The first-order chi connectivity index (χ1) is 5.27. The van der Waals surface area contributed by atoms with Crippen LogP contribution in [0.5, 0.6) is 0 Å². The molecule has 0 unspecified atom stereocenters. The molecule has 0 radical (unpaired) electrons. The summed E-state index contributed by atoms with van der Waals surface area (Å²) in [7, 11) is 1.67. The van der Waals surface area contributed by atoms with Crippen LogP contribution in [-0.2, 0) is 4.74 Å². The van der Waals surface area contributed by atoms with Gasteiger partial charge in [0.15, 0.2) is 0 Å². The summed E-state index contributed by atoms with van der Waals surface area (Å²) in [6.45, 7) is 2.52.